The average molecular weight is 292 g/mol. The fourth-order valence-corrected chi connectivity index (χ4v) is 4.52. The van der Waals surface area contributed by atoms with Gasteiger partial charge in [0.1, 0.15) is 11.1 Å². The van der Waals surface area contributed by atoms with Gasteiger partial charge in [-0.1, -0.05) is 38.5 Å². The number of hydrogen-bond donors (Lipinski definition) is 1. The van der Waals surface area contributed by atoms with Crippen molar-refractivity contribution < 1.29 is 9.59 Å². The molecule has 2 amide bonds. The standard InChI is InChI=1S/C17H28N2O2/c1-16(2)15(21)19(13-9-5-3-4-6-10-13)17(14(20)18-16)11-7-8-12-17/h13H,3-12H2,1-2H3,(H,18,20). The molecule has 1 N–H and O–H groups in total. The quantitative estimate of drug-likeness (QED) is 0.756. The second-order valence-electron chi connectivity index (χ2n) is 7.64. The molecule has 3 fully saturated rings. The van der Waals surface area contributed by atoms with Crippen LogP contribution >= 0.6 is 0 Å². The lowest BCUT2D eigenvalue weighted by Gasteiger charge is -2.52. The number of nitrogens with one attached hydrogen (secondary N) is 1. The first-order valence-electron chi connectivity index (χ1n) is 8.64. The van der Waals surface area contributed by atoms with Gasteiger partial charge in [-0.3, -0.25) is 9.59 Å². The topological polar surface area (TPSA) is 49.4 Å². The minimum Gasteiger partial charge on any atom is -0.340 e. The lowest BCUT2D eigenvalue weighted by Crippen LogP contribution is -2.75. The third-order valence-electron chi connectivity index (χ3n) is 5.68. The molecule has 4 nitrogen and oxygen atoms in total. The van der Waals surface area contributed by atoms with Crippen molar-refractivity contribution in [2.24, 2.45) is 0 Å². The van der Waals surface area contributed by atoms with E-state index < -0.39 is 11.1 Å². The summed E-state index contributed by atoms with van der Waals surface area (Å²) in [5, 5.41) is 2.99. The molecule has 0 radical (unpaired) electrons. The highest BCUT2D eigenvalue weighted by atomic mass is 16.2. The number of nitrogens with zero attached hydrogens (tertiary/aromatic N) is 1. The predicted molar refractivity (Wildman–Crippen MR) is 81.8 cm³/mol. The van der Waals surface area contributed by atoms with Crippen molar-refractivity contribution >= 4 is 11.8 Å². The van der Waals surface area contributed by atoms with E-state index in [1.54, 1.807) is 0 Å². The number of carbonyl (C=O) groups excluding carboxylic acids is 2. The van der Waals surface area contributed by atoms with E-state index in [0.29, 0.717) is 0 Å². The SMILES string of the molecule is CC1(C)NC(=O)C2(CCCC2)N(C2CCCCCC2)C1=O. The molecule has 21 heavy (non-hydrogen) atoms. The second kappa shape index (κ2) is 5.29. The minimum atomic E-state index is -0.753. The first-order chi connectivity index (χ1) is 9.97. The van der Waals surface area contributed by atoms with Crippen LogP contribution in [0.2, 0.25) is 0 Å². The summed E-state index contributed by atoms with van der Waals surface area (Å²) in [6.45, 7) is 3.69. The van der Waals surface area contributed by atoms with Gasteiger partial charge in [-0.05, 0) is 39.5 Å². The normalized spacial score (nSPS) is 29.5. The van der Waals surface area contributed by atoms with Gasteiger partial charge in [0.25, 0.3) is 0 Å². The van der Waals surface area contributed by atoms with Gasteiger partial charge in [0, 0.05) is 6.04 Å². The van der Waals surface area contributed by atoms with Crippen LogP contribution in [0.25, 0.3) is 0 Å². The number of hydrogen-bond acceptors (Lipinski definition) is 2. The van der Waals surface area contributed by atoms with Crippen LogP contribution in [0.3, 0.4) is 0 Å². The Balaban J connectivity index is 1.97. The third kappa shape index (κ3) is 2.36. The molecule has 2 saturated carbocycles. The second-order valence-corrected chi connectivity index (χ2v) is 7.64. The molecule has 0 aromatic rings. The molecule has 4 heteroatoms. The van der Waals surface area contributed by atoms with Crippen molar-refractivity contribution in [1.29, 1.82) is 0 Å². The van der Waals surface area contributed by atoms with E-state index >= 15 is 0 Å². The van der Waals surface area contributed by atoms with Crippen molar-refractivity contribution in [2.45, 2.75) is 95.2 Å². The van der Waals surface area contributed by atoms with Crippen molar-refractivity contribution in [3.8, 4) is 0 Å². The summed E-state index contributed by atoms with van der Waals surface area (Å²) in [4.78, 5) is 27.9. The van der Waals surface area contributed by atoms with Crippen LogP contribution in [0.5, 0.6) is 0 Å². The molecule has 0 bridgehead atoms. The zero-order valence-electron chi connectivity index (χ0n) is 13.4. The van der Waals surface area contributed by atoms with Crippen LogP contribution < -0.4 is 5.32 Å². The summed E-state index contributed by atoms with van der Waals surface area (Å²) in [5.41, 5.74) is -1.29. The summed E-state index contributed by atoms with van der Waals surface area (Å²) in [6, 6.07) is 0.267. The molecule has 0 aromatic carbocycles. The maximum Gasteiger partial charge on any atom is 0.248 e. The van der Waals surface area contributed by atoms with Gasteiger partial charge in [-0.15, -0.1) is 0 Å². The average Bonchev–Trinajstić information content (AvgIpc) is 2.75. The first kappa shape index (κ1) is 14.9. The molecule has 118 valence electrons. The van der Waals surface area contributed by atoms with Gasteiger partial charge in [0.05, 0.1) is 0 Å². The summed E-state index contributed by atoms with van der Waals surface area (Å²) in [5.74, 6) is 0.227. The van der Waals surface area contributed by atoms with E-state index in [-0.39, 0.29) is 17.9 Å². The first-order valence-corrected chi connectivity index (χ1v) is 8.64. The van der Waals surface area contributed by atoms with E-state index in [9.17, 15) is 9.59 Å². The lowest BCUT2D eigenvalue weighted by atomic mass is 9.83. The minimum absolute atomic E-state index is 0.0915. The highest BCUT2D eigenvalue weighted by Crippen LogP contribution is 2.43. The van der Waals surface area contributed by atoms with E-state index in [0.717, 1.165) is 38.5 Å². The fourth-order valence-electron chi connectivity index (χ4n) is 4.52. The predicted octanol–water partition coefficient (Wildman–Crippen LogP) is 2.76. The summed E-state index contributed by atoms with van der Waals surface area (Å²) in [6.07, 6.45) is 10.8. The molecule has 0 unspecified atom stereocenters. The molecule has 1 heterocycles. The van der Waals surface area contributed by atoms with Crippen LogP contribution in [-0.2, 0) is 9.59 Å². The van der Waals surface area contributed by atoms with Gasteiger partial charge in [0.15, 0.2) is 0 Å². The zero-order valence-corrected chi connectivity index (χ0v) is 13.4. The lowest BCUT2D eigenvalue weighted by molar-refractivity contribution is -0.165. The molecule has 3 rings (SSSR count). The highest BCUT2D eigenvalue weighted by molar-refractivity contribution is 6.02. The van der Waals surface area contributed by atoms with Gasteiger partial charge >= 0.3 is 0 Å². The van der Waals surface area contributed by atoms with Crippen LogP contribution in [0.15, 0.2) is 0 Å². The fraction of sp³-hybridized carbons (Fsp3) is 0.882. The molecule has 1 spiro atoms. The molecule has 0 aromatic heterocycles. The Morgan fingerprint density at radius 3 is 2.10 bits per heavy atom. The number of piperazine rings is 1. The molecular weight excluding hydrogens is 264 g/mol. The Hall–Kier alpha value is -1.06. The van der Waals surface area contributed by atoms with E-state index in [1.807, 2.05) is 18.7 Å². The van der Waals surface area contributed by atoms with Gasteiger partial charge in [-0.25, -0.2) is 0 Å². The van der Waals surface area contributed by atoms with E-state index in [1.165, 1.54) is 25.7 Å². The Kier molecular flexibility index (Phi) is 3.74. The smallest absolute Gasteiger partial charge is 0.248 e. The number of rotatable bonds is 1. The Morgan fingerprint density at radius 1 is 0.952 bits per heavy atom. The Morgan fingerprint density at radius 2 is 1.52 bits per heavy atom. The van der Waals surface area contributed by atoms with Crippen molar-refractivity contribution in [1.82, 2.24) is 10.2 Å². The highest BCUT2D eigenvalue weighted by Gasteiger charge is 2.57. The van der Waals surface area contributed by atoms with Crippen LogP contribution in [0, 0.1) is 0 Å². The maximum atomic E-state index is 13.1. The van der Waals surface area contributed by atoms with Crippen molar-refractivity contribution in [3.05, 3.63) is 0 Å². The van der Waals surface area contributed by atoms with Crippen molar-refractivity contribution in [3.63, 3.8) is 0 Å². The molecule has 3 aliphatic rings. The van der Waals surface area contributed by atoms with Gasteiger partial charge in [0.2, 0.25) is 11.8 Å². The zero-order chi connectivity index (χ0) is 15.1. The molecule has 1 saturated heterocycles. The monoisotopic (exact) mass is 292 g/mol. The molecule has 2 aliphatic carbocycles. The van der Waals surface area contributed by atoms with Gasteiger partial charge in [-0.2, -0.15) is 0 Å². The molecule has 1 aliphatic heterocycles. The van der Waals surface area contributed by atoms with Gasteiger partial charge < -0.3 is 10.2 Å². The van der Waals surface area contributed by atoms with E-state index in [2.05, 4.69) is 5.32 Å². The number of amides is 2. The molecular formula is C17H28N2O2. The number of carbonyl (C=O) groups is 2. The Bertz CT molecular complexity index is 430. The third-order valence-corrected chi connectivity index (χ3v) is 5.68. The largest absolute Gasteiger partial charge is 0.340 e. The van der Waals surface area contributed by atoms with Crippen LogP contribution in [0.4, 0.5) is 0 Å². The summed E-state index contributed by atoms with van der Waals surface area (Å²) < 4.78 is 0. The van der Waals surface area contributed by atoms with Crippen LogP contribution in [0.1, 0.15) is 78.1 Å². The maximum absolute atomic E-state index is 13.1. The van der Waals surface area contributed by atoms with E-state index in [4.69, 9.17) is 0 Å². The van der Waals surface area contributed by atoms with Crippen molar-refractivity contribution in [2.75, 3.05) is 0 Å². The molecule has 0 atom stereocenters. The Labute approximate surface area is 127 Å². The summed E-state index contributed by atoms with van der Waals surface area (Å²) in [7, 11) is 0. The summed E-state index contributed by atoms with van der Waals surface area (Å²) >= 11 is 0. The van der Waals surface area contributed by atoms with Crippen LogP contribution in [-0.4, -0.2) is 33.8 Å².